The van der Waals surface area contributed by atoms with Crippen molar-refractivity contribution in [2.45, 2.75) is 52.7 Å². The highest BCUT2D eigenvalue weighted by atomic mass is 32.1. The van der Waals surface area contributed by atoms with Crippen molar-refractivity contribution in [3.8, 4) is 0 Å². The minimum absolute atomic E-state index is 0.647. The predicted octanol–water partition coefficient (Wildman–Crippen LogP) is 3.26. The summed E-state index contributed by atoms with van der Waals surface area (Å²) in [5, 5.41) is 3.70. The van der Waals surface area contributed by atoms with Gasteiger partial charge < -0.3 is 5.32 Å². The average molecular weight is 266 g/mol. The van der Waals surface area contributed by atoms with Gasteiger partial charge in [0.1, 0.15) is 0 Å². The van der Waals surface area contributed by atoms with E-state index in [1.54, 1.807) is 0 Å². The first kappa shape index (κ1) is 14.0. The van der Waals surface area contributed by atoms with Crippen molar-refractivity contribution >= 4 is 11.3 Å². The molecular formula is C15H26N2S. The van der Waals surface area contributed by atoms with Crippen molar-refractivity contribution in [3.05, 3.63) is 21.9 Å². The van der Waals surface area contributed by atoms with Crippen LogP contribution in [-0.2, 0) is 6.54 Å². The number of aryl methyl sites for hydroxylation is 1. The van der Waals surface area contributed by atoms with Crippen LogP contribution in [0, 0.1) is 12.8 Å². The van der Waals surface area contributed by atoms with Gasteiger partial charge in [-0.1, -0.05) is 20.8 Å². The Morgan fingerprint density at radius 1 is 1.44 bits per heavy atom. The van der Waals surface area contributed by atoms with Crippen LogP contribution in [0.3, 0.4) is 0 Å². The summed E-state index contributed by atoms with van der Waals surface area (Å²) in [6.45, 7) is 12.6. The molecule has 2 heterocycles. The minimum Gasteiger partial charge on any atom is -0.311 e. The van der Waals surface area contributed by atoms with Crippen LogP contribution in [0.1, 0.15) is 36.9 Å². The normalized spacial score (nSPS) is 25.8. The van der Waals surface area contributed by atoms with Crippen molar-refractivity contribution in [1.82, 2.24) is 10.2 Å². The smallest absolute Gasteiger partial charge is 0.0332 e. The highest BCUT2D eigenvalue weighted by molar-refractivity contribution is 7.11. The molecule has 0 saturated carbocycles. The second-order valence-electron chi connectivity index (χ2n) is 5.76. The summed E-state index contributed by atoms with van der Waals surface area (Å²) in [7, 11) is 0. The molecule has 1 saturated heterocycles. The first-order valence-corrected chi connectivity index (χ1v) is 7.94. The third-order valence-electron chi connectivity index (χ3n) is 3.99. The second-order valence-corrected chi connectivity index (χ2v) is 7.14. The Kier molecular flexibility index (Phi) is 4.82. The lowest BCUT2D eigenvalue weighted by Crippen LogP contribution is -2.57. The van der Waals surface area contributed by atoms with E-state index in [2.05, 4.69) is 50.0 Å². The lowest BCUT2D eigenvalue weighted by atomic mass is 9.98. The quantitative estimate of drug-likeness (QED) is 0.900. The standard InChI is InChI=1S/C15H26N2S/c1-5-13-8-16-15(11(2)3)10-17(13)9-14-7-6-12(4)18-14/h6-7,11,13,15-16H,5,8-10H2,1-4H3. The van der Waals surface area contributed by atoms with Gasteiger partial charge in [0.2, 0.25) is 0 Å². The molecule has 18 heavy (non-hydrogen) atoms. The molecule has 0 amide bonds. The summed E-state index contributed by atoms with van der Waals surface area (Å²) in [5.41, 5.74) is 0. The average Bonchev–Trinajstić information content (AvgIpc) is 2.74. The lowest BCUT2D eigenvalue weighted by Gasteiger charge is -2.41. The van der Waals surface area contributed by atoms with Crippen LogP contribution < -0.4 is 5.32 Å². The molecule has 2 rings (SSSR count). The van der Waals surface area contributed by atoms with Gasteiger partial charge in [-0.3, -0.25) is 4.90 Å². The molecule has 1 aromatic rings. The van der Waals surface area contributed by atoms with Crippen LogP contribution in [0.25, 0.3) is 0 Å². The van der Waals surface area contributed by atoms with Gasteiger partial charge >= 0.3 is 0 Å². The number of nitrogens with one attached hydrogen (secondary N) is 1. The van der Waals surface area contributed by atoms with Gasteiger partial charge in [-0.2, -0.15) is 0 Å². The van der Waals surface area contributed by atoms with Gasteiger partial charge in [0.25, 0.3) is 0 Å². The van der Waals surface area contributed by atoms with E-state index in [4.69, 9.17) is 0 Å². The molecule has 2 atom stereocenters. The minimum atomic E-state index is 0.647. The van der Waals surface area contributed by atoms with Crippen LogP contribution in [0.4, 0.5) is 0 Å². The van der Waals surface area contributed by atoms with Crippen LogP contribution in [0.15, 0.2) is 12.1 Å². The number of rotatable bonds is 4. The van der Waals surface area contributed by atoms with E-state index in [9.17, 15) is 0 Å². The number of hydrogen-bond acceptors (Lipinski definition) is 3. The Morgan fingerprint density at radius 2 is 2.22 bits per heavy atom. The molecule has 0 aliphatic carbocycles. The molecule has 1 fully saturated rings. The topological polar surface area (TPSA) is 15.3 Å². The molecule has 0 spiro atoms. The summed E-state index contributed by atoms with van der Waals surface area (Å²) < 4.78 is 0. The maximum absolute atomic E-state index is 3.70. The van der Waals surface area contributed by atoms with Gasteiger partial charge in [-0.25, -0.2) is 0 Å². The molecule has 1 aliphatic rings. The molecular weight excluding hydrogens is 240 g/mol. The van der Waals surface area contributed by atoms with E-state index in [0.29, 0.717) is 12.1 Å². The summed E-state index contributed by atoms with van der Waals surface area (Å²) in [6, 6.07) is 5.87. The molecule has 1 aliphatic heterocycles. The zero-order chi connectivity index (χ0) is 13.1. The first-order chi connectivity index (χ1) is 8.60. The van der Waals surface area contributed by atoms with E-state index in [1.807, 2.05) is 11.3 Å². The van der Waals surface area contributed by atoms with E-state index in [0.717, 1.165) is 19.0 Å². The Labute approximate surface area is 115 Å². The number of hydrogen-bond donors (Lipinski definition) is 1. The number of piperazine rings is 1. The summed E-state index contributed by atoms with van der Waals surface area (Å²) in [4.78, 5) is 5.61. The van der Waals surface area contributed by atoms with Crippen molar-refractivity contribution in [3.63, 3.8) is 0 Å². The van der Waals surface area contributed by atoms with E-state index >= 15 is 0 Å². The molecule has 102 valence electrons. The van der Waals surface area contributed by atoms with Crippen LogP contribution >= 0.6 is 11.3 Å². The lowest BCUT2D eigenvalue weighted by molar-refractivity contribution is 0.104. The summed E-state index contributed by atoms with van der Waals surface area (Å²) >= 11 is 1.94. The fraction of sp³-hybridized carbons (Fsp3) is 0.733. The van der Waals surface area contributed by atoms with Crippen molar-refractivity contribution < 1.29 is 0 Å². The Hall–Kier alpha value is -0.380. The first-order valence-electron chi connectivity index (χ1n) is 7.13. The third kappa shape index (κ3) is 3.34. The zero-order valence-corrected chi connectivity index (χ0v) is 12.9. The highest BCUT2D eigenvalue weighted by Gasteiger charge is 2.28. The molecule has 1 N–H and O–H groups in total. The zero-order valence-electron chi connectivity index (χ0n) is 12.1. The van der Waals surface area contributed by atoms with Crippen LogP contribution in [-0.4, -0.2) is 30.1 Å². The monoisotopic (exact) mass is 266 g/mol. The Balaban J connectivity index is 2.02. The van der Waals surface area contributed by atoms with Crippen molar-refractivity contribution in [2.24, 2.45) is 5.92 Å². The number of thiophene rings is 1. The molecule has 2 nitrogen and oxygen atoms in total. The van der Waals surface area contributed by atoms with Crippen LogP contribution in [0.5, 0.6) is 0 Å². The van der Waals surface area contributed by atoms with Crippen molar-refractivity contribution in [2.75, 3.05) is 13.1 Å². The second kappa shape index (κ2) is 6.18. The van der Waals surface area contributed by atoms with E-state index in [-0.39, 0.29) is 0 Å². The molecule has 0 bridgehead atoms. The number of nitrogens with zero attached hydrogens (tertiary/aromatic N) is 1. The Morgan fingerprint density at radius 3 is 2.78 bits per heavy atom. The highest BCUT2D eigenvalue weighted by Crippen LogP contribution is 2.22. The fourth-order valence-electron chi connectivity index (χ4n) is 2.70. The van der Waals surface area contributed by atoms with Gasteiger partial charge in [-0.05, 0) is 31.4 Å². The molecule has 1 aromatic heterocycles. The van der Waals surface area contributed by atoms with Crippen molar-refractivity contribution in [1.29, 1.82) is 0 Å². The maximum Gasteiger partial charge on any atom is 0.0332 e. The molecule has 0 radical (unpaired) electrons. The fourth-order valence-corrected chi connectivity index (χ4v) is 3.61. The third-order valence-corrected chi connectivity index (χ3v) is 4.98. The van der Waals surface area contributed by atoms with Gasteiger partial charge in [0.15, 0.2) is 0 Å². The van der Waals surface area contributed by atoms with Gasteiger partial charge in [0.05, 0.1) is 0 Å². The molecule has 3 heteroatoms. The largest absolute Gasteiger partial charge is 0.311 e. The van der Waals surface area contributed by atoms with Gasteiger partial charge in [0, 0.05) is 41.5 Å². The predicted molar refractivity (Wildman–Crippen MR) is 80.2 cm³/mol. The Bertz CT molecular complexity index is 372. The summed E-state index contributed by atoms with van der Waals surface area (Å²) in [6.07, 6.45) is 1.24. The molecule has 0 aromatic carbocycles. The summed E-state index contributed by atoms with van der Waals surface area (Å²) in [5.74, 6) is 0.718. The van der Waals surface area contributed by atoms with E-state index < -0.39 is 0 Å². The maximum atomic E-state index is 3.70. The van der Waals surface area contributed by atoms with Gasteiger partial charge in [-0.15, -0.1) is 11.3 Å². The molecule has 2 unspecified atom stereocenters. The van der Waals surface area contributed by atoms with Crippen LogP contribution in [0.2, 0.25) is 0 Å². The van der Waals surface area contributed by atoms with E-state index in [1.165, 1.54) is 22.7 Å². The SMILES string of the molecule is CCC1CNC(C(C)C)CN1Cc1ccc(C)s1.